The maximum Gasteiger partial charge on any atom is 0.284 e. The summed E-state index contributed by atoms with van der Waals surface area (Å²) in [4.78, 5) is 25.9. The average molecular weight is 414 g/mol. The monoisotopic (exact) mass is 413 g/mol. The van der Waals surface area contributed by atoms with E-state index in [-0.39, 0.29) is 11.6 Å². The molecule has 9 heteroatoms. The molecular weight excluding hydrogens is 394 g/mol. The van der Waals surface area contributed by atoms with Gasteiger partial charge in [-0.1, -0.05) is 23.7 Å². The second-order valence-electron chi connectivity index (χ2n) is 7.12. The summed E-state index contributed by atoms with van der Waals surface area (Å²) in [7, 11) is 1.73. The molecule has 0 spiro atoms. The third-order valence-electron chi connectivity index (χ3n) is 5.03. The van der Waals surface area contributed by atoms with Gasteiger partial charge in [0.2, 0.25) is 0 Å². The van der Waals surface area contributed by atoms with Gasteiger partial charge in [0.25, 0.3) is 11.5 Å². The number of nitrogens with one attached hydrogen (secondary N) is 1. The molecule has 0 radical (unpaired) electrons. The molecule has 150 valence electrons. The number of aliphatic hydroxyl groups is 1. The van der Waals surface area contributed by atoms with Gasteiger partial charge in [0, 0.05) is 17.6 Å². The molecule has 3 aromatic rings. The van der Waals surface area contributed by atoms with Crippen LogP contribution >= 0.6 is 11.6 Å². The van der Waals surface area contributed by atoms with Crippen molar-refractivity contribution in [2.45, 2.75) is 31.4 Å². The van der Waals surface area contributed by atoms with E-state index in [4.69, 9.17) is 11.6 Å². The summed E-state index contributed by atoms with van der Waals surface area (Å²) < 4.78 is 2.71. The lowest BCUT2D eigenvalue weighted by Crippen LogP contribution is -2.42. The van der Waals surface area contributed by atoms with Crippen molar-refractivity contribution >= 4 is 17.5 Å². The number of benzene rings is 1. The molecule has 0 saturated heterocycles. The molecule has 1 aliphatic rings. The van der Waals surface area contributed by atoms with Gasteiger partial charge in [0.05, 0.1) is 30.2 Å². The fraction of sp³-hybridized carbons (Fsp3) is 0.300. The average Bonchev–Trinajstić information content (AvgIpc) is 3.31. The van der Waals surface area contributed by atoms with Gasteiger partial charge in [0.1, 0.15) is 11.3 Å². The van der Waals surface area contributed by atoms with Crippen LogP contribution in [0, 0.1) is 0 Å². The number of carbonyl (C=O) groups excluding carboxylic acids is 1. The van der Waals surface area contributed by atoms with Crippen molar-refractivity contribution in [3.8, 4) is 16.9 Å². The van der Waals surface area contributed by atoms with Crippen LogP contribution in [0.1, 0.15) is 29.6 Å². The zero-order chi connectivity index (χ0) is 20.5. The largest absolute Gasteiger partial charge is 0.391 e. The second kappa shape index (κ2) is 7.81. The SMILES string of the molecule is Cn1cc(-n2nc(-c3ccc(Cl)cc3)cc(C(=O)N[C@@H]3CCC[C@H]3O)c2=O)cn1. The molecular formula is C20H20ClN5O3. The summed E-state index contributed by atoms with van der Waals surface area (Å²) in [5.74, 6) is -0.531. The van der Waals surface area contributed by atoms with Crippen molar-refractivity contribution in [1.82, 2.24) is 24.9 Å². The highest BCUT2D eigenvalue weighted by Gasteiger charge is 2.28. The van der Waals surface area contributed by atoms with Crippen LogP contribution in [0.4, 0.5) is 0 Å². The molecule has 1 fully saturated rings. The van der Waals surface area contributed by atoms with Crippen LogP contribution in [0.15, 0.2) is 47.5 Å². The van der Waals surface area contributed by atoms with Crippen LogP contribution in [-0.4, -0.2) is 42.7 Å². The van der Waals surface area contributed by atoms with E-state index in [2.05, 4.69) is 15.5 Å². The molecule has 0 unspecified atom stereocenters. The first-order chi connectivity index (χ1) is 13.9. The highest BCUT2D eigenvalue weighted by Crippen LogP contribution is 2.22. The number of hydrogen-bond donors (Lipinski definition) is 2. The zero-order valence-corrected chi connectivity index (χ0v) is 16.5. The lowest BCUT2D eigenvalue weighted by Gasteiger charge is -2.17. The van der Waals surface area contributed by atoms with Crippen LogP contribution in [0.2, 0.25) is 5.02 Å². The fourth-order valence-electron chi connectivity index (χ4n) is 3.47. The van der Waals surface area contributed by atoms with E-state index in [9.17, 15) is 14.7 Å². The smallest absolute Gasteiger partial charge is 0.284 e. The highest BCUT2D eigenvalue weighted by atomic mass is 35.5. The molecule has 1 aromatic carbocycles. The number of hydrogen-bond acceptors (Lipinski definition) is 5. The van der Waals surface area contributed by atoms with Gasteiger partial charge in [-0.25, -0.2) is 0 Å². The van der Waals surface area contributed by atoms with E-state index >= 15 is 0 Å². The van der Waals surface area contributed by atoms with Crippen molar-refractivity contribution in [2.75, 3.05) is 0 Å². The van der Waals surface area contributed by atoms with E-state index < -0.39 is 17.6 Å². The minimum atomic E-state index is -0.600. The molecule has 1 aliphatic carbocycles. The van der Waals surface area contributed by atoms with Gasteiger partial charge in [-0.15, -0.1) is 0 Å². The Balaban J connectivity index is 1.80. The number of aryl methyl sites for hydroxylation is 1. The zero-order valence-electron chi connectivity index (χ0n) is 15.7. The molecule has 29 heavy (non-hydrogen) atoms. The Bertz CT molecular complexity index is 1110. The third-order valence-corrected chi connectivity index (χ3v) is 5.28. The normalized spacial score (nSPS) is 18.7. The Kier molecular flexibility index (Phi) is 5.21. The Morgan fingerprint density at radius 2 is 2.03 bits per heavy atom. The number of aliphatic hydroxyl groups excluding tert-OH is 1. The van der Waals surface area contributed by atoms with Gasteiger partial charge < -0.3 is 10.4 Å². The summed E-state index contributed by atoms with van der Waals surface area (Å²) in [5, 5.41) is 21.9. The molecule has 2 atom stereocenters. The Morgan fingerprint density at radius 3 is 2.66 bits per heavy atom. The van der Waals surface area contributed by atoms with E-state index in [0.29, 0.717) is 34.8 Å². The molecule has 8 nitrogen and oxygen atoms in total. The van der Waals surface area contributed by atoms with Crippen LogP contribution in [0.5, 0.6) is 0 Å². The van der Waals surface area contributed by atoms with Gasteiger partial charge in [-0.05, 0) is 37.5 Å². The Morgan fingerprint density at radius 1 is 1.28 bits per heavy atom. The number of halogens is 1. The summed E-state index contributed by atoms with van der Waals surface area (Å²) in [6, 6.07) is 8.08. The van der Waals surface area contributed by atoms with E-state index in [1.165, 1.54) is 12.3 Å². The molecule has 1 saturated carbocycles. The Hall–Kier alpha value is -2.97. The summed E-state index contributed by atoms with van der Waals surface area (Å²) in [6.45, 7) is 0. The quantitative estimate of drug-likeness (QED) is 0.680. The van der Waals surface area contributed by atoms with Crippen LogP contribution in [-0.2, 0) is 7.05 Å². The lowest BCUT2D eigenvalue weighted by atomic mass is 10.1. The predicted molar refractivity (Wildman–Crippen MR) is 108 cm³/mol. The summed E-state index contributed by atoms with van der Waals surface area (Å²) in [5.41, 5.74) is 1.00. The first-order valence-corrected chi connectivity index (χ1v) is 9.68. The van der Waals surface area contributed by atoms with Gasteiger partial charge in [0.15, 0.2) is 0 Å². The number of rotatable bonds is 4. The fourth-order valence-corrected chi connectivity index (χ4v) is 3.59. The van der Waals surface area contributed by atoms with Gasteiger partial charge >= 0.3 is 0 Å². The van der Waals surface area contributed by atoms with Crippen molar-refractivity contribution in [2.24, 2.45) is 7.05 Å². The minimum absolute atomic E-state index is 0.0482. The third kappa shape index (κ3) is 3.94. The van der Waals surface area contributed by atoms with Crippen LogP contribution in [0.3, 0.4) is 0 Å². The predicted octanol–water partition coefficient (Wildman–Crippen LogP) is 1.93. The van der Waals surface area contributed by atoms with Crippen molar-refractivity contribution in [3.05, 3.63) is 63.7 Å². The van der Waals surface area contributed by atoms with Crippen molar-refractivity contribution < 1.29 is 9.90 Å². The minimum Gasteiger partial charge on any atom is -0.391 e. The molecule has 2 N–H and O–H groups in total. The summed E-state index contributed by atoms with van der Waals surface area (Å²) >= 11 is 5.97. The van der Waals surface area contributed by atoms with Crippen molar-refractivity contribution in [1.29, 1.82) is 0 Å². The first kappa shape index (κ1) is 19.4. The van der Waals surface area contributed by atoms with E-state index in [0.717, 1.165) is 11.1 Å². The molecule has 2 aromatic heterocycles. The molecule has 0 aliphatic heterocycles. The van der Waals surface area contributed by atoms with Crippen molar-refractivity contribution in [3.63, 3.8) is 0 Å². The maximum absolute atomic E-state index is 13.0. The second-order valence-corrected chi connectivity index (χ2v) is 7.55. The molecule has 4 rings (SSSR count). The van der Waals surface area contributed by atoms with Crippen LogP contribution < -0.4 is 10.9 Å². The first-order valence-electron chi connectivity index (χ1n) is 9.30. The molecule has 1 amide bonds. The lowest BCUT2D eigenvalue weighted by molar-refractivity contribution is 0.0871. The van der Waals surface area contributed by atoms with Crippen LogP contribution in [0.25, 0.3) is 16.9 Å². The topological polar surface area (TPSA) is 102 Å². The van der Waals surface area contributed by atoms with Gasteiger partial charge in [-0.3, -0.25) is 14.3 Å². The van der Waals surface area contributed by atoms with E-state index in [1.807, 2.05) is 0 Å². The van der Waals surface area contributed by atoms with Gasteiger partial charge in [-0.2, -0.15) is 14.9 Å². The van der Waals surface area contributed by atoms with E-state index in [1.54, 1.807) is 42.2 Å². The molecule has 2 heterocycles. The number of nitrogens with zero attached hydrogens (tertiary/aromatic N) is 4. The highest BCUT2D eigenvalue weighted by molar-refractivity contribution is 6.30. The summed E-state index contributed by atoms with van der Waals surface area (Å²) in [6.07, 6.45) is 4.69. The number of amides is 1. The number of carbonyl (C=O) groups is 1. The molecule has 0 bridgehead atoms. The standard InChI is InChI=1S/C20H20ClN5O3/c1-25-11-14(10-22-25)26-20(29)15(19(28)23-16-3-2-4-18(16)27)9-17(24-26)12-5-7-13(21)8-6-12/h5-11,16,18,27H,2-4H2,1H3,(H,23,28)/t16-,18-/m1/s1. The Labute approximate surface area is 171 Å². The number of aromatic nitrogens is 4. The maximum atomic E-state index is 13.0.